The Bertz CT molecular complexity index is 806. The van der Waals surface area contributed by atoms with Crippen LogP contribution in [-0.4, -0.2) is 29.5 Å². The van der Waals surface area contributed by atoms with Gasteiger partial charge in [-0.3, -0.25) is 19.7 Å². The predicted molar refractivity (Wildman–Crippen MR) is 90.5 cm³/mol. The minimum Gasteiger partial charge on any atom is -0.343 e. The highest BCUT2D eigenvalue weighted by molar-refractivity contribution is 7.16. The summed E-state index contributed by atoms with van der Waals surface area (Å²) >= 11 is 6.71. The minimum atomic E-state index is -0.535. The molecule has 0 radical (unpaired) electrons. The first-order valence-corrected chi connectivity index (χ1v) is 7.75. The van der Waals surface area contributed by atoms with E-state index in [1.807, 2.05) is 0 Å². The van der Waals surface area contributed by atoms with Gasteiger partial charge in [-0.05, 0) is 24.3 Å². The van der Waals surface area contributed by atoms with Crippen molar-refractivity contribution in [3.63, 3.8) is 0 Å². The summed E-state index contributed by atoms with van der Waals surface area (Å²) in [4.78, 5) is 33.9. The lowest BCUT2D eigenvalue weighted by atomic mass is 10.2. The predicted octanol–water partition coefficient (Wildman–Crippen LogP) is 2.19. The number of hydrazone groups is 1. The molecule has 0 unspecified atom stereocenters. The summed E-state index contributed by atoms with van der Waals surface area (Å²) in [7, 11) is 0. The van der Waals surface area contributed by atoms with E-state index >= 15 is 0 Å². The molecule has 0 aliphatic carbocycles. The molecule has 2 aromatic rings. The second-order valence-electron chi connectivity index (χ2n) is 4.42. The fraction of sp³-hybridized carbons (Fsp3) is 0.0714. The van der Waals surface area contributed by atoms with Crippen molar-refractivity contribution < 1.29 is 14.5 Å². The number of nitrogens with zero attached hydrogens (tertiary/aromatic N) is 2. The minimum absolute atomic E-state index is 0.0171. The molecule has 1 heterocycles. The van der Waals surface area contributed by atoms with E-state index in [4.69, 9.17) is 11.6 Å². The van der Waals surface area contributed by atoms with Crippen LogP contribution in [0.4, 0.5) is 5.00 Å². The van der Waals surface area contributed by atoms with Gasteiger partial charge in [0, 0.05) is 16.7 Å². The molecule has 0 saturated heterocycles. The van der Waals surface area contributed by atoms with Crippen molar-refractivity contribution in [3.05, 3.63) is 62.0 Å². The number of hydrogen-bond donors (Lipinski definition) is 2. The van der Waals surface area contributed by atoms with E-state index in [1.165, 1.54) is 24.4 Å². The van der Waals surface area contributed by atoms with Gasteiger partial charge in [-0.25, -0.2) is 5.43 Å². The largest absolute Gasteiger partial charge is 0.343 e. The van der Waals surface area contributed by atoms with Crippen LogP contribution in [0.25, 0.3) is 0 Å². The van der Waals surface area contributed by atoms with E-state index in [-0.39, 0.29) is 11.5 Å². The van der Waals surface area contributed by atoms with Gasteiger partial charge in [0.1, 0.15) is 0 Å². The standard InChI is InChI=1S/C14H11ClN4O4S/c15-10-3-1-2-9(6-10)14(21)16-8-12(20)18-17-7-11-4-5-13(24-11)19(22)23/h1-7H,8H2,(H,16,21)(H,18,20)/b17-7-. The monoisotopic (exact) mass is 366 g/mol. The van der Waals surface area contributed by atoms with E-state index in [1.54, 1.807) is 18.2 Å². The first kappa shape index (κ1) is 17.6. The summed E-state index contributed by atoms with van der Waals surface area (Å²) in [6.07, 6.45) is 1.29. The molecule has 1 aromatic carbocycles. The third kappa shape index (κ3) is 5.14. The Hall–Kier alpha value is -2.78. The summed E-state index contributed by atoms with van der Waals surface area (Å²) < 4.78 is 0. The van der Waals surface area contributed by atoms with Crippen LogP contribution >= 0.6 is 22.9 Å². The zero-order valence-electron chi connectivity index (χ0n) is 12.1. The summed E-state index contributed by atoms with van der Waals surface area (Å²) in [6, 6.07) is 9.17. The van der Waals surface area contributed by atoms with Crippen LogP contribution in [0.3, 0.4) is 0 Å². The zero-order valence-corrected chi connectivity index (χ0v) is 13.6. The molecule has 2 N–H and O–H groups in total. The molecule has 24 heavy (non-hydrogen) atoms. The Morgan fingerprint density at radius 3 is 2.79 bits per heavy atom. The molecule has 0 aliphatic heterocycles. The van der Waals surface area contributed by atoms with Crippen LogP contribution in [-0.2, 0) is 4.79 Å². The maximum Gasteiger partial charge on any atom is 0.324 e. The molecule has 0 fully saturated rings. The summed E-state index contributed by atoms with van der Waals surface area (Å²) in [5.74, 6) is -0.974. The lowest BCUT2D eigenvalue weighted by molar-refractivity contribution is -0.380. The van der Waals surface area contributed by atoms with Crippen LogP contribution in [0.15, 0.2) is 41.5 Å². The molecular formula is C14H11ClN4O4S. The normalized spacial score (nSPS) is 10.5. The van der Waals surface area contributed by atoms with Crippen molar-refractivity contribution in [3.8, 4) is 0 Å². The summed E-state index contributed by atoms with van der Waals surface area (Å²) in [5.41, 5.74) is 2.55. The Kier molecular flexibility index (Phi) is 5.99. The number of amides is 2. The Labute approximate surface area is 145 Å². The fourth-order valence-corrected chi connectivity index (χ4v) is 2.49. The second-order valence-corrected chi connectivity index (χ2v) is 5.95. The quantitative estimate of drug-likeness (QED) is 0.463. The van der Waals surface area contributed by atoms with Gasteiger partial charge in [0.15, 0.2) is 0 Å². The van der Waals surface area contributed by atoms with Crippen LogP contribution < -0.4 is 10.7 Å². The first-order chi connectivity index (χ1) is 11.5. The van der Waals surface area contributed by atoms with Crippen molar-refractivity contribution in [1.82, 2.24) is 10.7 Å². The first-order valence-electron chi connectivity index (χ1n) is 6.55. The molecule has 1 aromatic heterocycles. The van der Waals surface area contributed by atoms with Gasteiger partial charge < -0.3 is 5.32 Å². The number of nitro groups is 1. The SMILES string of the molecule is O=C(CNC(=O)c1cccc(Cl)c1)N/N=C\c1ccc([N+](=O)[O-])s1. The molecular weight excluding hydrogens is 356 g/mol. The van der Waals surface area contributed by atoms with E-state index in [0.717, 1.165) is 11.3 Å². The van der Waals surface area contributed by atoms with Gasteiger partial charge in [0.05, 0.1) is 22.6 Å². The van der Waals surface area contributed by atoms with Crippen molar-refractivity contribution in [1.29, 1.82) is 0 Å². The molecule has 2 rings (SSSR count). The van der Waals surface area contributed by atoms with E-state index in [9.17, 15) is 19.7 Å². The molecule has 0 saturated carbocycles. The maximum absolute atomic E-state index is 11.8. The van der Waals surface area contributed by atoms with Crippen molar-refractivity contribution in [2.24, 2.45) is 5.10 Å². The number of nitrogens with one attached hydrogen (secondary N) is 2. The van der Waals surface area contributed by atoms with Crippen LogP contribution in [0.5, 0.6) is 0 Å². The Morgan fingerprint density at radius 1 is 1.33 bits per heavy atom. The van der Waals surface area contributed by atoms with E-state index in [2.05, 4.69) is 15.8 Å². The lowest BCUT2D eigenvalue weighted by Crippen LogP contribution is -2.34. The Balaban J connectivity index is 1.79. The molecule has 10 heteroatoms. The zero-order chi connectivity index (χ0) is 17.5. The van der Waals surface area contributed by atoms with Crippen LogP contribution in [0.1, 0.15) is 15.2 Å². The van der Waals surface area contributed by atoms with Gasteiger partial charge in [-0.1, -0.05) is 29.0 Å². The van der Waals surface area contributed by atoms with Gasteiger partial charge in [0.25, 0.3) is 11.8 Å². The molecule has 124 valence electrons. The van der Waals surface area contributed by atoms with Crippen molar-refractivity contribution in [2.75, 3.05) is 6.54 Å². The lowest BCUT2D eigenvalue weighted by Gasteiger charge is -2.04. The molecule has 2 amide bonds. The second kappa shape index (κ2) is 8.18. The third-order valence-electron chi connectivity index (χ3n) is 2.67. The number of rotatable bonds is 6. The highest BCUT2D eigenvalue weighted by Gasteiger charge is 2.09. The number of halogens is 1. The van der Waals surface area contributed by atoms with Crippen LogP contribution in [0.2, 0.25) is 5.02 Å². The maximum atomic E-state index is 11.8. The number of benzene rings is 1. The summed E-state index contributed by atoms with van der Waals surface area (Å²) in [6.45, 7) is -0.271. The van der Waals surface area contributed by atoms with Gasteiger partial charge in [0.2, 0.25) is 0 Å². The molecule has 8 nitrogen and oxygen atoms in total. The summed E-state index contributed by atoms with van der Waals surface area (Å²) in [5, 5.41) is 17.0. The van der Waals surface area contributed by atoms with Crippen molar-refractivity contribution in [2.45, 2.75) is 0 Å². The van der Waals surface area contributed by atoms with Crippen molar-refractivity contribution >= 4 is 46.0 Å². The topological polar surface area (TPSA) is 114 Å². The number of thiophene rings is 1. The van der Waals surface area contributed by atoms with E-state index in [0.29, 0.717) is 15.5 Å². The van der Waals surface area contributed by atoms with Gasteiger partial charge >= 0.3 is 5.00 Å². The highest BCUT2D eigenvalue weighted by atomic mass is 35.5. The number of hydrogen-bond acceptors (Lipinski definition) is 6. The highest BCUT2D eigenvalue weighted by Crippen LogP contribution is 2.22. The van der Waals surface area contributed by atoms with Crippen LogP contribution in [0, 0.1) is 10.1 Å². The molecule has 0 atom stereocenters. The smallest absolute Gasteiger partial charge is 0.324 e. The molecule has 0 aliphatic rings. The fourth-order valence-electron chi connectivity index (χ4n) is 1.61. The Morgan fingerprint density at radius 2 is 2.12 bits per heavy atom. The average Bonchev–Trinajstić information content (AvgIpc) is 3.02. The van der Waals surface area contributed by atoms with Gasteiger partial charge in [-0.15, -0.1) is 0 Å². The number of carbonyl (C=O) groups excluding carboxylic acids is 2. The number of carbonyl (C=O) groups is 2. The van der Waals surface area contributed by atoms with Gasteiger partial charge in [-0.2, -0.15) is 5.10 Å². The average molecular weight is 367 g/mol. The third-order valence-corrected chi connectivity index (χ3v) is 3.88. The molecule has 0 spiro atoms. The molecule has 0 bridgehead atoms. The van der Waals surface area contributed by atoms with E-state index < -0.39 is 16.7 Å².